The number of nitrogens with one attached hydrogen (secondary N) is 2. The van der Waals surface area contributed by atoms with E-state index in [0.29, 0.717) is 11.7 Å². The summed E-state index contributed by atoms with van der Waals surface area (Å²) in [4.78, 5) is 4.13. The minimum absolute atomic E-state index is 0.545. The second-order valence-electron chi connectivity index (χ2n) is 3.65. The number of aromatic nitrogens is 1. The average molecular weight is 278 g/mol. The summed E-state index contributed by atoms with van der Waals surface area (Å²) in [6, 6.07) is 13.2. The Hall–Kier alpha value is -1.65. The van der Waals surface area contributed by atoms with Gasteiger partial charge in [-0.3, -0.25) is 0 Å². The van der Waals surface area contributed by atoms with E-state index in [1.54, 1.807) is 6.20 Å². The molecule has 0 atom stereocenters. The molecule has 2 aromatic rings. The molecule has 92 valence electrons. The summed E-state index contributed by atoms with van der Waals surface area (Å²) >= 11 is 11.0. The Morgan fingerprint density at radius 1 is 1.17 bits per heavy atom. The van der Waals surface area contributed by atoms with Gasteiger partial charge in [0.15, 0.2) is 5.11 Å². The fourth-order valence-electron chi connectivity index (χ4n) is 1.38. The van der Waals surface area contributed by atoms with E-state index in [1.807, 2.05) is 42.5 Å². The Labute approximate surface area is 116 Å². The van der Waals surface area contributed by atoms with Crippen molar-refractivity contribution >= 4 is 34.7 Å². The minimum Gasteiger partial charge on any atom is -0.358 e. The number of halogens is 1. The van der Waals surface area contributed by atoms with Crippen LogP contribution in [0, 0.1) is 0 Å². The Balaban J connectivity index is 1.83. The Bertz CT molecular complexity index is 514. The zero-order valence-corrected chi connectivity index (χ0v) is 11.1. The molecule has 1 aromatic heterocycles. The lowest BCUT2D eigenvalue weighted by Gasteiger charge is -2.09. The number of hydrogen-bond acceptors (Lipinski definition) is 2. The summed E-state index contributed by atoms with van der Waals surface area (Å²) in [6.45, 7) is 0.649. The van der Waals surface area contributed by atoms with Gasteiger partial charge in [0.25, 0.3) is 0 Å². The van der Waals surface area contributed by atoms with E-state index in [-0.39, 0.29) is 0 Å². The van der Waals surface area contributed by atoms with Gasteiger partial charge in [-0.1, -0.05) is 29.8 Å². The van der Waals surface area contributed by atoms with Crippen molar-refractivity contribution in [3.05, 3.63) is 59.2 Å². The molecule has 0 unspecified atom stereocenters. The lowest BCUT2D eigenvalue weighted by atomic mass is 10.2. The van der Waals surface area contributed by atoms with Crippen molar-refractivity contribution in [2.75, 3.05) is 5.32 Å². The van der Waals surface area contributed by atoms with Gasteiger partial charge in [0.1, 0.15) is 5.82 Å². The average Bonchev–Trinajstić information content (AvgIpc) is 2.39. The second kappa shape index (κ2) is 6.33. The van der Waals surface area contributed by atoms with E-state index in [0.717, 1.165) is 16.4 Å². The van der Waals surface area contributed by atoms with Gasteiger partial charge in [-0.05, 0) is 42.0 Å². The second-order valence-corrected chi connectivity index (χ2v) is 4.49. The molecule has 18 heavy (non-hydrogen) atoms. The van der Waals surface area contributed by atoms with Crippen LogP contribution in [0.5, 0.6) is 0 Å². The van der Waals surface area contributed by atoms with Crippen LogP contribution >= 0.6 is 23.8 Å². The van der Waals surface area contributed by atoms with Crippen molar-refractivity contribution in [3.8, 4) is 0 Å². The molecule has 1 heterocycles. The zero-order chi connectivity index (χ0) is 12.8. The highest BCUT2D eigenvalue weighted by atomic mass is 35.5. The first-order chi connectivity index (χ1) is 8.74. The first kappa shape index (κ1) is 12.8. The summed E-state index contributed by atoms with van der Waals surface area (Å²) < 4.78 is 0. The summed E-state index contributed by atoms with van der Waals surface area (Å²) in [6.07, 6.45) is 1.71. The highest BCUT2D eigenvalue weighted by molar-refractivity contribution is 7.80. The molecule has 2 N–H and O–H groups in total. The van der Waals surface area contributed by atoms with E-state index in [1.165, 1.54) is 0 Å². The lowest BCUT2D eigenvalue weighted by Crippen LogP contribution is -2.28. The largest absolute Gasteiger partial charge is 0.358 e. The van der Waals surface area contributed by atoms with Crippen molar-refractivity contribution in [3.63, 3.8) is 0 Å². The van der Waals surface area contributed by atoms with Crippen LogP contribution in [0.4, 0.5) is 5.82 Å². The van der Waals surface area contributed by atoms with Crippen LogP contribution in [0.3, 0.4) is 0 Å². The quantitative estimate of drug-likeness (QED) is 0.845. The summed E-state index contributed by atoms with van der Waals surface area (Å²) in [5.74, 6) is 0.728. The lowest BCUT2D eigenvalue weighted by molar-refractivity contribution is 0.925. The molecule has 5 heteroatoms. The van der Waals surface area contributed by atoms with Gasteiger partial charge in [0.05, 0.1) is 0 Å². The predicted octanol–water partition coefficient (Wildman–Crippen LogP) is 3.22. The Morgan fingerprint density at radius 2 is 1.94 bits per heavy atom. The third-order valence-electron chi connectivity index (χ3n) is 2.27. The van der Waals surface area contributed by atoms with Crippen LogP contribution < -0.4 is 10.6 Å². The van der Waals surface area contributed by atoms with Crippen LogP contribution in [0.15, 0.2) is 48.7 Å². The fourth-order valence-corrected chi connectivity index (χ4v) is 1.68. The summed E-state index contributed by atoms with van der Waals surface area (Å²) in [5.41, 5.74) is 1.12. The smallest absolute Gasteiger partial charge is 0.172 e. The molecule has 0 amide bonds. The maximum atomic E-state index is 5.81. The predicted molar refractivity (Wildman–Crippen MR) is 78.7 cm³/mol. The molecule has 0 spiro atoms. The molecule has 0 aliphatic carbocycles. The molecule has 1 aromatic carbocycles. The third kappa shape index (κ3) is 3.98. The number of nitrogens with zero attached hydrogens (tertiary/aromatic N) is 1. The fraction of sp³-hybridized carbons (Fsp3) is 0.0769. The van der Waals surface area contributed by atoms with Crippen molar-refractivity contribution < 1.29 is 0 Å². The van der Waals surface area contributed by atoms with E-state index in [4.69, 9.17) is 23.8 Å². The van der Waals surface area contributed by atoms with Gasteiger partial charge in [-0.25, -0.2) is 4.98 Å². The molecule has 0 bridgehead atoms. The molecular weight excluding hydrogens is 266 g/mol. The van der Waals surface area contributed by atoms with Crippen molar-refractivity contribution in [1.29, 1.82) is 0 Å². The van der Waals surface area contributed by atoms with Crippen LogP contribution in [-0.4, -0.2) is 10.1 Å². The monoisotopic (exact) mass is 277 g/mol. The number of rotatable bonds is 3. The molecular formula is C13H12ClN3S. The van der Waals surface area contributed by atoms with E-state index >= 15 is 0 Å². The molecule has 0 saturated carbocycles. The summed E-state index contributed by atoms with van der Waals surface area (Å²) in [7, 11) is 0. The molecule has 0 saturated heterocycles. The van der Waals surface area contributed by atoms with Gasteiger partial charge in [-0.2, -0.15) is 0 Å². The first-order valence-corrected chi connectivity index (χ1v) is 6.23. The minimum atomic E-state index is 0.545. The number of hydrogen-bond donors (Lipinski definition) is 2. The number of benzene rings is 1. The van der Waals surface area contributed by atoms with Crippen LogP contribution in [0.1, 0.15) is 5.56 Å². The van der Waals surface area contributed by atoms with Gasteiger partial charge >= 0.3 is 0 Å². The molecule has 0 radical (unpaired) electrons. The van der Waals surface area contributed by atoms with E-state index in [2.05, 4.69) is 15.6 Å². The van der Waals surface area contributed by atoms with Crippen LogP contribution in [0.2, 0.25) is 5.02 Å². The number of pyridine rings is 1. The summed E-state index contributed by atoms with van der Waals surface area (Å²) in [5, 5.41) is 7.39. The third-order valence-corrected chi connectivity index (χ3v) is 2.77. The van der Waals surface area contributed by atoms with Crippen molar-refractivity contribution in [2.45, 2.75) is 6.54 Å². The standard InChI is InChI=1S/C13H12ClN3S/c14-11-6-4-10(5-7-11)9-16-13(18)17-12-3-1-2-8-15-12/h1-8H,9H2,(H2,15,16,17,18). The van der Waals surface area contributed by atoms with Gasteiger partial charge in [0, 0.05) is 17.8 Å². The SMILES string of the molecule is S=C(NCc1ccc(Cl)cc1)Nc1ccccn1. The zero-order valence-electron chi connectivity index (χ0n) is 9.56. The first-order valence-electron chi connectivity index (χ1n) is 5.44. The molecule has 3 nitrogen and oxygen atoms in total. The molecule has 0 fully saturated rings. The molecule has 0 aliphatic heterocycles. The normalized spacial score (nSPS) is 9.83. The Morgan fingerprint density at radius 3 is 2.61 bits per heavy atom. The van der Waals surface area contributed by atoms with Gasteiger partial charge in [-0.15, -0.1) is 0 Å². The molecule has 2 rings (SSSR count). The number of anilines is 1. The maximum Gasteiger partial charge on any atom is 0.172 e. The van der Waals surface area contributed by atoms with Crippen molar-refractivity contribution in [1.82, 2.24) is 10.3 Å². The maximum absolute atomic E-state index is 5.81. The van der Waals surface area contributed by atoms with E-state index in [9.17, 15) is 0 Å². The highest BCUT2D eigenvalue weighted by Crippen LogP contribution is 2.09. The topological polar surface area (TPSA) is 37.0 Å². The van der Waals surface area contributed by atoms with Crippen molar-refractivity contribution in [2.24, 2.45) is 0 Å². The Kier molecular flexibility index (Phi) is 4.50. The van der Waals surface area contributed by atoms with Gasteiger partial charge < -0.3 is 10.6 Å². The van der Waals surface area contributed by atoms with Crippen LogP contribution in [0.25, 0.3) is 0 Å². The van der Waals surface area contributed by atoms with Gasteiger partial charge in [0.2, 0.25) is 0 Å². The number of thiocarbonyl (C=S) groups is 1. The van der Waals surface area contributed by atoms with Crippen LogP contribution in [-0.2, 0) is 6.54 Å². The molecule has 0 aliphatic rings. The highest BCUT2D eigenvalue weighted by Gasteiger charge is 1.98. The van der Waals surface area contributed by atoms with E-state index < -0.39 is 0 Å².